The number of nitrogens with zero attached hydrogens (tertiary/aromatic N) is 1. The van der Waals surface area contributed by atoms with Crippen LogP contribution in [-0.4, -0.2) is 25.3 Å². The van der Waals surface area contributed by atoms with Crippen LogP contribution < -0.4 is 0 Å². The Bertz CT molecular complexity index is 309. The molecule has 0 spiro atoms. The Morgan fingerprint density at radius 1 is 1.44 bits per heavy atom. The van der Waals surface area contributed by atoms with E-state index in [1.807, 2.05) is 0 Å². The summed E-state index contributed by atoms with van der Waals surface area (Å²) in [6.07, 6.45) is 4.68. The van der Waals surface area contributed by atoms with E-state index in [1.165, 1.54) is 11.3 Å². The van der Waals surface area contributed by atoms with E-state index in [0.29, 0.717) is 17.3 Å². The van der Waals surface area contributed by atoms with Gasteiger partial charge in [-0.2, -0.15) is 0 Å². The van der Waals surface area contributed by atoms with Crippen molar-refractivity contribution in [2.24, 2.45) is 5.41 Å². The molecule has 1 heterocycles. The van der Waals surface area contributed by atoms with Crippen LogP contribution in [0.1, 0.15) is 41.5 Å². The fourth-order valence-corrected chi connectivity index (χ4v) is 2.17. The summed E-state index contributed by atoms with van der Waals surface area (Å²) in [5.74, 6) is 0.630. The molecule has 0 fully saturated rings. The van der Waals surface area contributed by atoms with E-state index in [-0.39, 0.29) is 0 Å². The molecule has 0 aromatic rings. The van der Waals surface area contributed by atoms with Crippen molar-refractivity contribution in [2.45, 2.75) is 53.4 Å². The lowest BCUT2D eigenvalue weighted by Gasteiger charge is -2.38. The van der Waals surface area contributed by atoms with E-state index in [4.69, 9.17) is 0 Å². The summed E-state index contributed by atoms with van der Waals surface area (Å²) >= 11 is 0. The van der Waals surface area contributed by atoms with Crippen LogP contribution in [0, 0.1) is 5.41 Å². The van der Waals surface area contributed by atoms with Crippen LogP contribution in [0.2, 0.25) is 5.82 Å². The molecule has 1 aliphatic rings. The van der Waals surface area contributed by atoms with Gasteiger partial charge in [-0.3, -0.25) is 0 Å². The maximum Gasteiger partial charge on any atom is 0.111 e. The molecule has 0 saturated heterocycles. The van der Waals surface area contributed by atoms with Gasteiger partial charge in [0.05, 0.1) is 0 Å². The predicted octanol–water partition coefficient (Wildman–Crippen LogP) is 3.01. The molecular weight excluding hydrogens is 193 g/mol. The molecule has 16 heavy (non-hydrogen) atoms. The first-order chi connectivity index (χ1) is 7.25. The van der Waals surface area contributed by atoms with E-state index < -0.39 is 0 Å². The fourth-order valence-electron chi connectivity index (χ4n) is 2.17. The maximum absolute atomic E-state index is 2.54. The van der Waals surface area contributed by atoms with Gasteiger partial charge in [0.15, 0.2) is 0 Å². The average molecular weight is 219 g/mol. The van der Waals surface area contributed by atoms with Gasteiger partial charge in [0.25, 0.3) is 0 Å². The number of hydrogen-bond acceptors (Lipinski definition) is 1. The smallest absolute Gasteiger partial charge is 0.111 e. The van der Waals surface area contributed by atoms with Gasteiger partial charge in [0.1, 0.15) is 7.85 Å². The Balaban J connectivity index is 3.14. The molecule has 1 aliphatic heterocycles. The van der Waals surface area contributed by atoms with Crippen LogP contribution in [0.25, 0.3) is 0 Å². The molecule has 1 rings (SSSR count). The highest BCUT2D eigenvalue weighted by Gasteiger charge is 2.30. The molecule has 2 heteroatoms. The van der Waals surface area contributed by atoms with Gasteiger partial charge in [-0.05, 0) is 45.0 Å². The fraction of sp³-hybridized carbons (Fsp3) is 0.714. The number of rotatable bonds is 1. The minimum absolute atomic E-state index is 0.345. The van der Waals surface area contributed by atoms with E-state index in [2.05, 4.69) is 66.4 Å². The second-order valence-corrected chi connectivity index (χ2v) is 6.24. The molecule has 1 unspecified atom stereocenters. The lowest BCUT2D eigenvalue weighted by atomic mass is 9.67. The molecule has 0 aliphatic carbocycles. The molecule has 0 amide bonds. The summed E-state index contributed by atoms with van der Waals surface area (Å²) in [4.78, 5) is 2.54. The quantitative estimate of drug-likeness (QED) is 0.613. The minimum Gasteiger partial charge on any atom is -0.369 e. The normalized spacial score (nSPS) is 24.8. The minimum atomic E-state index is 0.345. The SMILES string of the molecule is BC1C=CC(=C(C)C)N(C(C)C)CC1(C)C. The van der Waals surface area contributed by atoms with E-state index >= 15 is 0 Å². The monoisotopic (exact) mass is 219 g/mol. The van der Waals surface area contributed by atoms with Gasteiger partial charge in [-0.15, -0.1) is 0 Å². The first-order valence-electron chi connectivity index (χ1n) is 6.38. The molecule has 0 bridgehead atoms. The summed E-state index contributed by atoms with van der Waals surface area (Å²) in [6, 6.07) is 0.569. The van der Waals surface area contributed by atoms with E-state index in [1.54, 1.807) is 0 Å². The summed E-state index contributed by atoms with van der Waals surface area (Å²) in [6.45, 7) is 14.8. The van der Waals surface area contributed by atoms with Gasteiger partial charge in [-0.25, -0.2) is 0 Å². The summed E-state index contributed by atoms with van der Waals surface area (Å²) < 4.78 is 0. The molecule has 1 nitrogen and oxygen atoms in total. The van der Waals surface area contributed by atoms with Gasteiger partial charge in [0.2, 0.25) is 0 Å². The van der Waals surface area contributed by atoms with E-state index in [0.717, 1.165) is 6.54 Å². The molecule has 0 N–H and O–H groups in total. The van der Waals surface area contributed by atoms with Crippen LogP contribution >= 0.6 is 0 Å². The van der Waals surface area contributed by atoms with Crippen LogP contribution in [0.4, 0.5) is 0 Å². The van der Waals surface area contributed by atoms with Crippen molar-refractivity contribution in [3.8, 4) is 0 Å². The van der Waals surface area contributed by atoms with E-state index in [9.17, 15) is 0 Å². The second-order valence-electron chi connectivity index (χ2n) is 6.24. The molecule has 1 atom stereocenters. The zero-order valence-corrected chi connectivity index (χ0v) is 12.0. The van der Waals surface area contributed by atoms with Gasteiger partial charge in [-0.1, -0.05) is 25.5 Å². The van der Waals surface area contributed by atoms with Crippen molar-refractivity contribution in [3.63, 3.8) is 0 Å². The lowest BCUT2D eigenvalue weighted by molar-refractivity contribution is 0.196. The van der Waals surface area contributed by atoms with Crippen LogP contribution in [0.5, 0.6) is 0 Å². The van der Waals surface area contributed by atoms with Crippen molar-refractivity contribution >= 4 is 7.85 Å². The highest BCUT2D eigenvalue weighted by Crippen LogP contribution is 2.37. The number of hydrogen-bond donors (Lipinski definition) is 0. The molecule has 0 aromatic heterocycles. The molecule has 0 radical (unpaired) electrons. The second kappa shape index (κ2) is 4.69. The first kappa shape index (κ1) is 13.4. The van der Waals surface area contributed by atoms with Crippen LogP contribution in [-0.2, 0) is 0 Å². The highest BCUT2D eigenvalue weighted by atomic mass is 15.2. The van der Waals surface area contributed by atoms with Crippen LogP contribution in [0.3, 0.4) is 0 Å². The Hall–Kier alpha value is -0.655. The van der Waals surface area contributed by atoms with Gasteiger partial charge < -0.3 is 4.90 Å². The third-order valence-corrected chi connectivity index (χ3v) is 3.80. The highest BCUT2D eigenvalue weighted by molar-refractivity contribution is 6.13. The maximum atomic E-state index is 2.54. The van der Waals surface area contributed by atoms with Crippen molar-refractivity contribution in [1.29, 1.82) is 0 Å². The van der Waals surface area contributed by atoms with Gasteiger partial charge in [0, 0.05) is 18.3 Å². The standard InChI is InChI=1S/C14H26BN/c1-10(2)12-7-8-13(15)14(5,6)9-16(12)11(3)4/h7-8,11,13H,9,15H2,1-6H3. The molecule has 0 aromatic carbocycles. The topological polar surface area (TPSA) is 3.24 Å². The third-order valence-electron chi connectivity index (χ3n) is 3.80. The Labute approximate surface area is 102 Å². The van der Waals surface area contributed by atoms with Crippen LogP contribution in [0.15, 0.2) is 23.4 Å². The largest absolute Gasteiger partial charge is 0.369 e. The predicted molar refractivity (Wildman–Crippen MR) is 75.4 cm³/mol. The lowest BCUT2D eigenvalue weighted by Crippen LogP contribution is -2.38. The Morgan fingerprint density at radius 3 is 2.44 bits per heavy atom. The van der Waals surface area contributed by atoms with Crippen molar-refractivity contribution in [1.82, 2.24) is 4.90 Å². The molecular formula is C14H26BN. The zero-order valence-electron chi connectivity index (χ0n) is 12.0. The molecule has 0 saturated carbocycles. The molecule has 90 valence electrons. The van der Waals surface area contributed by atoms with Crippen molar-refractivity contribution in [2.75, 3.05) is 6.54 Å². The van der Waals surface area contributed by atoms with Gasteiger partial charge >= 0.3 is 0 Å². The van der Waals surface area contributed by atoms with Crippen molar-refractivity contribution < 1.29 is 0 Å². The number of allylic oxidation sites excluding steroid dienone is 3. The Morgan fingerprint density at radius 2 is 2.00 bits per heavy atom. The summed E-state index contributed by atoms with van der Waals surface area (Å²) in [5, 5.41) is 0. The summed E-state index contributed by atoms with van der Waals surface area (Å²) in [5.41, 5.74) is 3.17. The van der Waals surface area contributed by atoms with Crippen molar-refractivity contribution in [3.05, 3.63) is 23.4 Å². The average Bonchev–Trinajstić information content (AvgIpc) is 2.25. The first-order valence-corrected chi connectivity index (χ1v) is 6.38. The Kier molecular flexibility index (Phi) is 3.93. The zero-order chi connectivity index (χ0) is 12.5. The summed E-state index contributed by atoms with van der Waals surface area (Å²) in [7, 11) is 2.32. The third kappa shape index (κ3) is 2.72.